The minimum atomic E-state index is 0.583. The van der Waals surface area contributed by atoms with Gasteiger partial charge in [-0.15, -0.1) is 0 Å². The summed E-state index contributed by atoms with van der Waals surface area (Å²) in [6.07, 6.45) is 2.46. The Hall–Kier alpha value is -0.860. The van der Waals surface area contributed by atoms with E-state index in [9.17, 15) is 0 Å². The molecule has 0 spiro atoms. The summed E-state index contributed by atoms with van der Waals surface area (Å²) in [5.74, 6) is 0. The van der Waals surface area contributed by atoms with Gasteiger partial charge in [-0.25, -0.2) is 0 Å². The molecule has 0 saturated heterocycles. The predicted octanol–water partition coefficient (Wildman–Crippen LogP) is 3.50. The first-order valence-electron chi connectivity index (χ1n) is 6.65. The summed E-state index contributed by atoms with van der Waals surface area (Å²) in [4.78, 5) is 0. The van der Waals surface area contributed by atoms with Crippen LogP contribution in [0, 0.1) is 0 Å². The number of ether oxygens (including phenoxy) is 1. The standard InChI is InChI=1S/C15H25NO/c1-4-8-13(3)16-11-14-9-6-7-10-15(14)12-17-5-2/h6-7,9-10,13,16H,4-5,8,11-12H2,1-3H3. The van der Waals surface area contributed by atoms with Gasteiger partial charge in [0.15, 0.2) is 0 Å². The maximum absolute atomic E-state index is 5.49. The van der Waals surface area contributed by atoms with Crippen LogP contribution < -0.4 is 5.32 Å². The van der Waals surface area contributed by atoms with Crippen molar-refractivity contribution >= 4 is 0 Å². The average molecular weight is 235 g/mol. The third-order valence-corrected chi connectivity index (χ3v) is 2.94. The molecule has 0 bridgehead atoms. The van der Waals surface area contributed by atoms with Gasteiger partial charge in [-0.1, -0.05) is 37.6 Å². The topological polar surface area (TPSA) is 21.3 Å². The lowest BCUT2D eigenvalue weighted by Crippen LogP contribution is -2.25. The molecule has 0 aliphatic heterocycles. The highest BCUT2D eigenvalue weighted by atomic mass is 16.5. The maximum Gasteiger partial charge on any atom is 0.0719 e. The molecule has 2 heteroatoms. The zero-order valence-corrected chi connectivity index (χ0v) is 11.3. The van der Waals surface area contributed by atoms with Crippen LogP contribution in [-0.2, 0) is 17.9 Å². The molecule has 96 valence electrons. The fraction of sp³-hybridized carbons (Fsp3) is 0.600. The summed E-state index contributed by atoms with van der Waals surface area (Å²) in [5, 5.41) is 3.56. The molecule has 1 N–H and O–H groups in total. The minimum absolute atomic E-state index is 0.583. The molecule has 2 nitrogen and oxygen atoms in total. The van der Waals surface area contributed by atoms with E-state index < -0.39 is 0 Å². The number of nitrogens with one attached hydrogen (secondary N) is 1. The first-order chi connectivity index (χ1) is 8.27. The van der Waals surface area contributed by atoms with Crippen molar-refractivity contribution in [3.63, 3.8) is 0 Å². The van der Waals surface area contributed by atoms with Crippen LogP contribution in [0.5, 0.6) is 0 Å². The zero-order valence-electron chi connectivity index (χ0n) is 11.3. The fourth-order valence-electron chi connectivity index (χ4n) is 1.90. The maximum atomic E-state index is 5.49. The van der Waals surface area contributed by atoms with E-state index in [4.69, 9.17) is 4.74 Å². The van der Waals surface area contributed by atoms with E-state index in [2.05, 4.69) is 43.4 Å². The highest BCUT2D eigenvalue weighted by molar-refractivity contribution is 5.26. The van der Waals surface area contributed by atoms with Crippen LogP contribution in [0.25, 0.3) is 0 Å². The Morgan fingerprint density at radius 1 is 1.18 bits per heavy atom. The van der Waals surface area contributed by atoms with E-state index in [1.54, 1.807) is 0 Å². The van der Waals surface area contributed by atoms with E-state index in [0.29, 0.717) is 6.04 Å². The summed E-state index contributed by atoms with van der Waals surface area (Å²) in [7, 11) is 0. The van der Waals surface area contributed by atoms with Crippen LogP contribution in [0.2, 0.25) is 0 Å². The number of hydrogen-bond donors (Lipinski definition) is 1. The molecule has 0 heterocycles. The van der Waals surface area contributed by atoms with Crippen molar-refractivity contribution in [2.75, 3.05) is 6.61 Å². The number of benzene rings is 1. The molecule has 0 aliphatic carbocycles. The molecule has 0 radical (unpaired) electrons. The smallest absolute Gasteiger partial charge is 0.0719 e. The summed E-state index contributed by atoms with van der Waals surface area (Å²) >= 11 is 0. The molecule has 1 unspecified atom stereocenters. The van der Waals surface area contributed by atoms with Crippen LogP contribution in [0.4, 0.5) is 0 Å². The highest BCUT2D eigenvalue weighted by Crippen LogP contribution is 2.10. The average Bonchev–Trinajstić information content (AvgIpc) is 2.35. The molecule has 0 aliphatic rings. The molecule has 1 aromatic rings. The van der Waals surface area contributed by atoms with Gasteiger partial charge in [-0.05, 0) is 31.4 Å². The Bertz CT molecular complexity index is 312. The molecule has 1 rings (SSSR count). The third kappa shape index (κ3) is 5.33. The first-order valence-corrected chi connectivity index (χ1v) is 6.65. The van der Waals surface area contributed by atoms with E-state index in [1.165, 1.54) is 24.0 Å². The van der Waals surface area contributed by atoms with Crippen molar-refractivity contribution in [3.8, 4) is 0 Å². The Balaban J connectivity index is 2.51. The molecule has 0 fully saturated rings. The second-order valence-electron chi connectivity index (χ2n) is 4.48. The van der Waals surface area contributed by atoms with Crippen LogP contribution >= 0.6 is 0 Å². The van der Waals surface area contributed by atoms with Crippen molar-refractivity contribution in [1.29, 1.82) is 0 Å². The lowest BCUT2D eigenvalue weighted by Gasteiger charge is -2.15. The summed E-state index contributed by atoms with van der Waals surface area (Å²) in [6.45, 7) is 8.93. The van der Waals surface area contributed by atoms with Crippen molar-refractivity contribution in [1.82, 2.24) is 5.32 Å². The van der Waals surface area contributed by atoms with Crippen molar-refractivity contribution < 1.29 is 4.74 Å². The molecular weight excluding hydrogens is 210 g/mol. The largest absolute Gasteiger partial charge is 0.377 e. The third-order valence-electron chi connectivity index (χ3n) is 2.94. The molecule has 0 saturated carbocycles. The van der Waals surface area contributed by atoms with Crippen LogP contribution in [0.1, 0.15) is 44.7 Å². The van der Waals surface area contributed by atoms with E-state index in [-0.39, 0.29) is 0 Å². The molecule has 1 atom stereocenters. The summed E-state index contributed by atoms with van der Waals surface area (Å²) < 4.78 is 5.49. The minimum Gasteiger partial charge on any atom is -0.377 e. The molecule has 0 amide bonds. The van der Waals surface area contributed by atoms with Gasteiger partial charge < -0.3 is 10.1 Å². The van der Waals surface area contributed by atoms with Gasteiger partial charge in [0, 0.05) is 19.2 Å². The van der Waals surface area contributed by atoms with Gasteiger partial charge in [-0.3, -0.25) is 0 Å². The van der Waals surface area contributed by atoms with Crippen molar-refractivity contribution in [3.05, 3.63) is 35.4 Å². The SMILES string of the molecule is CCCC(C)NCc1ccccc1COCC. The van der Waals surface area contributed by atoms with Crippen LogP contribution in [-0.4, -0.2) is 12.6 Å². The quantitative estimate of drug-likeness (QED) is 0.744. The van der Waals surface area contributed by atoms with E-state index in [1.807, 2.05) is 6.92 Å². The normalized spacial score (nSPS) is 12.6. The Labute approximate surface area is 105 Å². The van der Waals surface area contributed by atoms with Gasteiger partial charge in [0.1, 0.15) is 0 Å². The second kappa shape index (κ2) is 8.26. The Morgan fingerprint density at radius 2 is 1.88 bits per heavy atom. The molecular formula is C15H25NO. The Morgan fingerprint density at radius 3 is 2.53 bits per heavy atom. The highest BCUT2D eigenvalue weighted by Gasteiger charge is 2.04. The lowest BCUT2D eigenvalue weighted by atomic mass is 10.1. The second-order valence-corrected chi connectivity index (χ2v) is 4.48. The Kier molecular flexibility index (Phi) is 6.90. The van der Waals surface area contributed by atoms with Gasteiger partial charge in [0.05, 0.1) is 6.61 Å². The van der Waals surface area contributed by atoms with Crippen LogP contribution in [0.3, 0.4) is 0 Å². The summed E-state index contributed by atoms with van der Waals surface area (Å²) in [5.41, 5.74) is 2.65. The fourth-order valence-corrected chi connectivity index (χ4v) is 1.90. The van der Waals surface area contributed by atoms with Gasteiger partial charge in [0.25, 0.3) is 0 Å². The van der Waals surface area contributed by atoms with Crippen molar-refractivity contribution in [2.45, 2.75) is 52.8 Å². The van der Waals surface area contributed by atoms with Gasteiger partial charge >= 0.3 is 0 Å². The van der Waals surface area contributed by atoms with Crippen LogP contribution in [0.15, 0.2) is 24.3 Å². The van der Waals surface area contributed by atoms with E-state index >= 15 is 0 Å². The molecule has 17 heavy (non-hydrogen) atoms. The predicted molar refractivity (Wildman–Crippen MR) is 73.0 cm³/mol. The summed E-state index contributed by atoms with van der Waals surface area (Å²) in [6, 6.07) is 9.08. The molecule has 1 aromatic carbocycles. The van der Waals surface area contributed by atoms with Gasteiger partial charge in [0.2, 0.25) is 0 Å². The molecule has 0 aromatic heterocycles. The lowest BCUT2D eigenvalue weighted by molar-refractivity contribution is 0.133. The van der Waals surface area contributed by atoms with E-state index in [0.717, 1.165) is 19.8 Å². The number of rotatable bonds is 8. The monoisotopic (exact) mass is 235 g/mol. The number of hydrogen-bond acceptors (Lipinski definition) is 2. The van der Waals surface area contributed by atoms with Crippen molar-refractivity contribution in [2.24, 2.45) is 0 Å². The zero-order chi connectivity index (χ0) is 12.5. The van der Waals surface area contributed by atoms with Gasteiger partial charge in [-0.2, -0.15) is 0 Å². The first kappa shape index (κ1) is 14.2.